The van der Waals surface area contributed by atoms with Crippen molar-refractivity contribution in [2.75, 3.05) is 28.4 Å². The van der Waals surface area contributed by atoms with Crippen LogP contribution in [0.25, 0.3) is 34.2 Å². The molecule has 0 spiro atoms. The number of methoxy groups -OCH3 is 4. The van der Waals surface area contributed by atoms with Gasteiger partial charge >= 0.3 is 0 Å². The third kappa shape index (κ3) is 11.9. The summed E-state index contributed by atoms with van der Waals surface area (Å²) in [5, 5.41) is 16.5. The molecule has 0 saturated carbocycles. The van der Waals surface area contributed by atoms with Crippen LogP contribution in [0.1, 0.15) is 74.0 Å². The van der Waals surface area contributed by atoms with E-state index in [9.17, 15) is 16.8 Å². The molecule has 0 aliphatic carbocycles. The van der Waals surface area contributed by atoms with E-state index in [1.165, 1.54) is 53.2 Å². The minimum atomic E-state index is -3.75. The molecule has 0 amide bonds. The summed E-state index contributed by atoms with van der Waals surface area (Å²) in [4.78, 5) is 25.3. The molecule has 0 fully saturated rings. The molecular formula is C50H54Cl2N12O8S2. The van der Waals surface area contributed by atoms with Crippen molar-refractivity contribution in [2.45, 2.75) is 75.4 Å². The molecule has 74 heavy (non-hydrogen) atoms. The molecule has 0 aliphatic rings. The van der Waals surface area contributed by atoms with Crippen molar-refractivity contribution >= 4 is 42.9 Å². The summed E-state index contributed by atoms with van der Waals surface area (Å²) in [6, 6.07) is 14.4. The van der Waals surface area contributed by atoms with Crippen molar-refractivity contribution < 1.29 is 35.8 Å². The lowest BCUT2D eigenvalue weighted by atomic mass is 10.1. The molecule has 388 valence electrons. The van der Waals surface area contributed by atoms with Crippen molar-refractivity contribution in [2.24, 2.45) is 0 Å². The summed E-state index contributed by atoms with van der Waals surface area (Å²) in [6.07, 6.45) is 12.5. The summed E-state index contributed by atoms with van der Waals surface area (Å²) < 4.78 is 80.3. The molecule has 6 heterocycles. The summed E-state index contributed by atoms with van der Waals surface area (Å²) in [6.45, 7) is 10.6. The number of para-hydroxylation sites is 2. The van der Waals surface area contributed by atoms with Gasteiger partial charge in [0.25, 0.3) is 0 Å². The fraction of sp³-hybridized carbons (Fsp3) is 0.320. The highest BCUT2D eigenvalue weighted by Crippen LogP contribution is 2.39. The first kappa shape index (κ1) is 54.6. The molecular weight excluding hydrogens is 1030 g/mol. The Morgan fingerprint density at radius 1 is 0.500 bits per heavy atom. The molecule has 8 aromatic rings. The third-order valence-electron chi connectivity index (χ3n) is 12.3. The van der Waals surface area contributed by atoms with Gasteiger partial charge in [0.05, 0.1) is 49.0 Å². The van der Waals surface area contributed by atoms with E-state index in [1.807, 2.05) is 26.0 Å². The van der Waals surface area contributed by atoms with Crippen LogP contribution in [0.4, 0.5) is 0 Å². The number of benzene rings is 2. The number of halogens is 2. The van der Waals surface area contributed by atoms with Gasteiger partial charge in [-0.3, -0.25) is 19.1 Å². The summed E-state index contributed by atoms with van der Waals surface area (Å²) in [7, 11) is -1.38. The van der Waals surface area contributed by atoms with Crippen LogP contribution in [0, 0.1) is 13.8 Å². The lowest BCUT2D eigenvalue weighted by Gasteiger charge is -2.20. The van der Waals surface area contributed by atoms with Crippen molar-refractivity contribution in [1.82, 2.24) is 59.4 Å². The SMILES string of the molecule is COc1cccc(OC)c1-n1c(CS(=O)(=O)[C@@H](C)[C@H](C)c2ncc(Cl)cn2)nnc1-c1cncc(C)c1.COc1cccc(OC)c1-n1c(CS(=O)(=O)[C@H](C)[C@@H](C)c2ncc(Cl)cn2)nnc1-c1cncc(C)c1. The minimum Gasteiger partial charge on any atom is -0.494 e. The molecule has 8 rings (SSSR count). The van der Waals surface area contributed by atoms with Gasteiger partial charge in [-0.25, -0.2) is 36.8 Å². The number of nitrogens with zero attached hydrogens (tertiary/aromatic N) is 12. The van der Waals surface area contributed by atoms with Crippen LogP contribution in [-0.2, 0) is 31.2 Å². The first-order chi connectivity index (χ1) is 35.3. The lowest BCUT2D eigenvalue weighted by molar-refractivity contribution is 0.390. The van der Waals surface area contributed by atoms with E-state index in [2.05, 4.69) is 50.3 Å². The second-order valence-corrected chi connectivity index (χ2v) is 22.8. The van der Waals surface area contributed by atoms with Gasteiger partial charge in [0, 0.05) is 72.5 Å². The number of sulfone groups is 2. The van der Waals surface area contributed by atoms with Gasteiger partial charge in [-0.15, -0.1) is 20.4 Å². The normalized spacial score (nSPS) is 13.2. The molecule has 6 aromatic heterocycles. The zero-order chi connectivity index (χ0) is 53.5. The molecule has 4 atom stereocenters. The van der Waals surface area contributed by atoms with Gasteiger partial charge in [0.15, 0.2) is 43.0 Å². The fourth-order valence-corrected chi connectivity index (χ4v) is 11.2. The van der Waals surface area contributed by atoms with E-state index in [-0.39, 0.29) is 23.2 Å². The van der Waals surface area contributed by atoms with Crippen LogP contribution in [-0.4, -0.2) is 115 Å². The van der Waals surface area contributed by atoms with Gasteiger partial charge in [0.1, 0.15) is 57.5 Å². The number of aryl methyl sites for hydroxylation is 2. The van der Waals surface area contributed by atoms with Gasteiger partial charge in [0.2, 0.25) is 0 Å². The standard InChI is InChI=1S/2C25H27ClN6O4S/c2*1-15-9-18(11-27-10-15)25-31-30-22(32(25)23-20(35-4)7-6-8-21(23)36-5)14-37(33,34)17(3)16(2)24-28-12-19(26)13-29-24/h2*6-13,16-17H,14H2,1-5H3/t2*16-,17-/m10/s1. The van der Waals surface area contributed by atoms with Crippen LogP contribution in [0.15, 0.2) is 98.1 Å². The van der Waals surface area contributed by atoms with Crippen molar-refractivity contribution in [3.8, 4) is 57.1 Å². The highest BCUT2D eigenvalue weighted by molar-refractivity contribution is 7.91. The van der Waals surface area contributed by atoms with Crippen LogP contribution < -0.4 is 18.9 Å². The lowest BCUT2D eigenvalue weighted by Crippen LogP contribution is -2.27. The predicted octanol–water partition coefficient (Wildman–Crippen LogP) is 8.41. The Bertz CT molecular complexity index is 3200. The monoisotopic (exact) mass is 1080 g/mol. The first-order valence-corrected chi connectivity index (χ1v) is 27.0. The van der Waals surface area contributed by atoms with Crippen molar-refractivity contribution in [3.05, 3.63) is 143 Å². The highest BCUT2D eigenvalue weighted by atomic mass is 35.5. The number of aromatic nitrogens is 12. The summed E-state index contributed by atoms with van der Waals surface area (Å²) in [5.41, 5.74) is 4.14. The maximum atomic E-state index is 13.6. The average Bonchev–Trinajstić information content (AvgIpc) is 4.00. The number of ether oxygens (including phenoxy) is 4. The Hall–Kier alpha value is -7.14. The van der Waals surface area contributed by atoms with E-state index in [4.69, 9.17) is 42.1 Å². The Kier molecular flexibility index (Phi) is 17.3. The van der Waals surface area contributed by atoms with Gasteiger partial charge in [-0.2, -0.15) is 0 Å². The van der Waals surface area contributed by atoms with Gasteiger partial charge in [-0.05, 0) is 75.2 Å². The number of pyridine rings is 2. The summed E-state index contributed by atoms with van der Waals surface area (Å²) in [5.74, 6) is 2.12. The molecule has 0 bridgehead atoms. The number of hydrogen-bond donors (Lipinski definition) is 0. The third-order valence-corrected chi connectivity index (χ3v) is 17.1. The molecule has 0 aliphatic heterocycles. The van der Waals surface area contributed by atoms with E-state index in [0.717, 1.165) is 11.1 Å². The predicted molar refractivity (Wildman–Crippen MR) is 280 cm³/mol. The molecule has 20 nitrogen and oxygen atoms in total. The van der Waals surface area contributed by atoms with Crippen LogP contribution in [0.5, 0.6) is 23.0 Å². The maximum absolute atomic E-state index is 13.6. The van der Waals surface area contributed by atoms with Crippen molar-refractivity contribution in [3.63, 3.8) is 0 Å². The molecule has 0 N–H and O–H groups in total. The van der Waals surface area contributed by atoms with Crippen molar-refractivity contribution in [1.29, 1.82) is 0 Å². The average molecular weight is 1090 g/mol. The van der Waals surface area contributed by atoms with E-state index in [0.29, 0.717) is 78.8 Å². The topological polar surface area (TPSA) is 244 Å². The number of rotatable bonds is 18. The fourth-order valence-electron chi connectivity index (χ4n) is 7.90. The smallest absolute Gasteiger partial charge is 0.170 e. The van der Waals surface area contributed by atoms with E-state index in [1.54, 1.807) is 98.0 Å². The molecule has 24 heteroatoms. The van der Waals surface area contributed by atoms with Crippen LogP contribution in [0.3, 0.4) is 0 Å². The van der Waals surface area contributed by atoms with E-state index >= 15 is 0 Å². The van der Waals surface area contributed by atoms with E-state index < -0.39 is 42.0 Å². The summed E-state index contributed by atoms with van der Waals surface area (Å²) >= 11 is 11.8. The zero-order valence-electron chi connectivity index (χ0n) is 42.2. The quantitative estimate of drug-likeness (QED) is 0.0782. The largest absolute Gasteiger partial charge is 0.494 e. The minimum absolute atomic E-state index is 0.204. The molecule has 0 radical (unpaired) electrons. The Balaban J connectivity index is 0.000000216. The highest BCUT2D eigenvalue weighted by Gasteiger charge is 2.35. The zero-order valence-corrected chi connectivity index (χ0v) is 45.3. The maximum Gasteiger partial charge on any atom is 0.170 e. The molecule has 0 unspecified atom stereocenters. The Morgan fingerprint density at radius 3 is 1.12 bits per heavy atom. The molecule has 2 aromatic carbocycles. The van der Waals surface area contributed by atoms with Crippen LogP contribution in [0.2, 0.25) is 10.0 Å². The van der Waals surface area contributed by atoms with Crippen LogP contribution >= 0.6 is 23.2 Å². The number of hydrogen-bond acceptors (Lipinski definition) is 18. The second-order valence-electron chi connectivity index (χ2n) is 17.2. The Labute approximate surface area is 439 Å². The van der Waals surface area contributed by atoms with Gasteiger partial charge in [-0.1, -0.05) is 49.2 Å². The van der Waals surface area contributed by atoms with Gasteiger partial charge < -0.3 is 18.9 Å². The first-order valence-electron chi connectivity index (χ1n) is 22.9. The molecule has 0 saturated heterocycles. The second kappa shape index (κ2) is 23.4. The Morgan fingerprint density at radius 2 is 0.824 bits per heavy atom.